The quantitative estimate of drug-likeness (QED) is 0.283. The van der Waals surface area contributed by atoms with Crippen molar-refractivity contribution >= 4 is 23.1 Å². The Bertz CT molecular complexity index is 1310. The predicted octanol–water partition coefficient (Wildman–Crippen LogP) is 0.909. The monoisotopic (exact) mass is 525 g/mol. The fourth-order valence-corrected chi connectivity index (χ4v) is 6.80. The Morgan fingerprint density at radius 1 is 1.16 bits per heavy atom. The van der Waals surface area contributed by atoms with Crippen molar-refractivity contribution in [3.8, 4) is 5.75 Å². The van der Waals surface area contributed by atoms with Crippen molar-refractivity contribution in [1.82, 2.24) is 15.5 Å². The molecule has 0 saturated heterocycles. The van der Waals surface area contributed by atoms with Gasteiger partial charge in [-0.1, -0.05) is 6.07 Å². The molecule has 2 saturated carbocycles. The first-order valence-electron chi connectivity index (χ1n) is 13.0. The summed E-state index contributed by atoms with van der Waals surface area (Å²) >= 11 is 0. The standard InChI is InChI=1S/C28H35N3O7/c1-13(32)19-24(35)22(31(3)4)17-10-27(12-30-15-6-7-15)9-16-14(11-29-2)5-8-18(33)20(16)23(34)21(27)26(37)28(17,38)25(19)36/h5,8,15,17,22,29-30,33-34,36,38H,6-7,9-12H2,1-4H3/t17-,22-,27-,28+/m0/s1. The third kappa shape index (κ3) is 3.65. The summed E-state index contributed by atoms with van der Waals surface area (Å²) in [5.41, 5.74) is -2.68. The number of Topliss-reactive ketones (excluding diaryl/α,β-unsaturated/α-hetero) is 3. The lowest BCUT2D eigenvalue weighted by Gasteiger charge is -2.55. The number of carbonyl (C=O) groups excluding carboxylic acids is 3. The first-order chi connectivity index (χ1) is 17.9. The van der Waals surface area contributed by atoms with Gasteiger partial charge < -0.3 is 31.1 Å². The van der Waals surface area contributed by atoms with Gasteiger partial charge in [-0.3, -0.25) is 19.3 Å². The summed E-state index contributed by atoms with van der Waals surface area (Å²) < 4.78 is 0. The Hall–Kier alpha value is -3.05. The third-order valence-electron chi connectivity index (χ3n) is 8.70. The highest BCUT2D eigenvalue weighted by atomic mass is 16.3. The van der Waals surface area contributed by atoms with E-state index in [-0.39, 0.29) is 35.8 Å². The lowest BCUT2D eigenvalue weighted by molar-refractivity contribution is -0.157. The first kappa shape index (κ1) is 26.6. The van der Waals surface area contributed by atoms with Gasteiger partial charge in [0.25, 0.3) is 0 Å². The maximum absolute atomic E-state index is 14.4. The van der Waals surface area contributed by atoms with Gasteiger partial charge in [-0.2, -0.15) is 0 Å². The predicted molar refractivity (Wildman–Crippen MR) is 138 cm³/mol. The van der Waals surface area contributed by atoms with E-state index in [9.17, 15) is 34.8 Å². The van der Waals surface area contributed by atoms with Crippen molar-refractivity contribution < 1.29 is 34.8 Å². The van der Waals surface area contributed by atoms with Gasteiger partial charge >= 0.3 is 0 Å². The summed E-state index contributed by atoms with van der Waals surface area (Å²) in [6.07, 6.45) is 2.31. The number of ketones is 3. The number of carbonyl (C=O) groups is 3. The maximum atomic E-state index is 14.4. The van der Waals surface area contributed by atoms with E-state index in [2.05, 4.69) is 10.6 Å². The van der Waals surface area contributed by atoms with E-state index in [0.29, 0.717) is 18.7 Å². The van der Waals surface area contributed by atoms with Gasteiger partial charge in [0.1, 0.15) is 22.8 Å². The van der Waals surface area contributed by atoms with Crippen molar-refractivity contribution in [2.75, 3.05) is 27.7 Å². The van der Waals surface area contributed by atoms with Gasteiger partial charge in [0.15, 0.2) is 17.2 Å². The molecule has 1 aromatic carbocycles. The van der Waals surface area contributed by atoms with Crippen molar-refractivity contribution in [1.29, 1.82) is 0 Å². The van der Waals surface area contributed by atoms with Crippen molar-refractivity contribution in [2.45, 2.75) is 56.8 Å². The number of fused-ring (bicyclic) bond motifs is 3. The molecule has 10 nitrogen and oxygen atoms in total. The van der Waals surface area contributed by atoms with Crippen LogP contribution in [0.1, 0.15) is 42.9 Å². The van der Waals surface area contributed by atoms with Crippen LogP contribution in [0.25, 0.3) is 5.76 Å². The van der Waals surface area contributed by atoms with Crippen LogP contribution in [0, 0.1) is 11.3 Å². The highest BCUT2D eigenvalue weighted by Crippen LogP contribution is 2.58. The number of hydrogen-bond acceptors (Lipinski definition) is 10. The molecule has 204 valence electrons. The van der Waals surface area contributed by atoms with Gasteiger partial charge in [0.05, 0.1) is 11.6 Å². The topological polar surface area (TPSA) is 159 Å². The number of benzene rings is 1. The molecule has 0 spiro atoms. The summed E-state index contributed by atoms with van der Waals surface area (Å²) in [4.78, 5) is 41.8. The molecule has 6 N–H and O–H groups in total. The molecule has 0 bridgehead atoms. The molecule has 5 rings (SSSR count). The molecular weight excluding hydrogens is 490 g/mol. The highest BCUT2D eigenvalue weighted by molar-refractivity contribution is 6.25. The molecule has 2 fully saturated rings. The molecule has 1 aromatic rings. The normalized spacial score (nSPS) is 30.9. The van der Waals surface area contributed by atoms with Crippen molar-refractivity contribution in [2.24, 2.45) is 11.3 Å². The number of nitrogens with one attached hydrogen (secondary N) is 2. The Balaban J connectivity index is 1.79. The Kier molecular flexibility index (Phi) is 6.30. The molecule has 4 aliphatic rings. The lowest BCUT2D eigenvalue weighted by Crippen LogP contribution is -2.68. The van der Waals surface area contributed by atoms with E-state index in [4.69, 9.17) is 0 Å². The summed E-state index contributed by atoms with van der Waals surface area (Å²) in [6.45, 7) is 1.86. The first-order valence-corrected chi connectivity index (χ1v) is 13.0. The molecule has 0 aliphatic heterocycles. The summed E-state index contributed by atoms with van der Waals surface area (Å²) in [7, 11) is 5.05. The van der Waals surface area contributed by atoms with Crippen molar-refractivity contribution in [3.63, 3.8) is 0 Å². The van der Waals surface area contributed by atoms with Gasteiger partial charge in [-0.05, 0) is 70.9 Å². The van der Waals surface area contributed by atoms with Crippen LogP contribution in [0.15, 0.2) is 29.0 Å². The van der Waals surface area contributed by atoms with Gasteiger partial charge in [-0.15, -0.1) is 0 Å². The number of rotatable bonds is 7. The summed E-state index contributed by atoms with van der Waals surface area (Å²) in [5, 5.41) is 52.1. The number of aliphatic hydroxyl groups is 3. The Morgan fingerprint density at radius 2 is 1.84 bits per heavy atom. The van der Waals surface area contributed by atoms with Crippen LogP contribution in [-0.2, 0) is 27.3 Å². The van der Waals surface area contributed by atoms with Crippen LogP contribution >= 0.6 is 0 Å². The van der Waals surface area contributed by atoms with E-state index in [1.165, 1.54) is 6.07 Å². The molecule has 0 amide bonds. The fourth-order valence-electron chi connectivity index (χ4n) is 6.80. The molecule has 0 heterocycles. The van der Waals surface area contributed by atoms with Gasteiger partial charge in [-0.25, -0.2) is 0 Å². The van der Waals surface area contributed by atoms with Crippen LogP contribution in [0.2, 0.25) is 0 Å². The van der Waals surface area contributed by atoms with E-state index >= 15 is 0 Å². The average Bonchev–Trinajstić information content (AvgIpc) is 3.66. The van der Waals surface area contributed by atoms with E-state index in [1.54, 1.807) is 32.1 Å². The second-order valence-electron chi connectivity index (χ2n) is 11.4. The third-order valence-corrected chi connectivity index (χ3v) is 8.70. The van der Waals surface area contributed by atoms with Crippen LogP contribution in [-0.4, -0.2) is 88.0 Å². The van der Waals surface area contributed by atoms with E-state index in [1.807, 2.05) is 0 Å². The molecule has 0 radical (unpaired) electrons. The minimum atomic E-state index is -2.59. The summed E-state index contributed by atoms with van der Waals surface area (Å²) in [6, 6.07) is 2.44. The molecule has 0 aromatic heterocycles. The number of aliphatic hydroxyl groups excluding tert-OH is 2. The van der Waals surface area contributed by atoms with E-state index in [0.717, 1.165) is 25.3 Å². The minimum Gasteiger partial charge on any atom is -0.508 e. The zero-order valence-electron chi connectivity index (χ0n) is 22.1. The van der Waals surface area contributed by atoms with Gasteiger partial charge in [0.2, 0.25) is 5.78 Å². The minimum absolute atomic E-state index is 0.0757. The number of phenols is 1. The molecular formula is C28H35N3O7. The average molecular weight is 526 g/mol. The van der Waals surface area contributed by atoms with Crippen LogP contribution < -0.4 is 10.6 Å². The fraction of sp³-hybridized carbons (Fsp3) is 0.536. The second kappa shape index (κ2) is 9.01. The maximum Gasteiger partial charge on any atom is 0.202 e. The molecule has 0 unspecified atom stereocenters. The second-order valence-corrected chi connectivity index (χ2v) is 11.4. The molecule has 10 heteroatoms. The Labute approximate surface area is 221 Å². The Morgan fingerprint density at radius 3 is 2.42 bits per heavy atom. The lowest BCUT2D eigenvalue weighted by atomic mass is 9.51. The summed E-state index contributed by atoms with van der Waals surface area (Å²) in [5.74, 6) is -5.06. The molecule has 38 heavy (non-hydrogen) atoms. The number of phenolic OH excluding ortho intramolecular Hbond substituents is 1. The molecule has 4 atom stereocenters. The van der Waals surface area contributed by atoms with Crippen LogP contribution in [0.4, 0.5) is 0 Å². The van der Waals surface area contributed by atoms with E-state index < -0.39 is 57.4 Å². The van der Waals surface area contributed by atoms with Crippen molar-refractivity contribution in [3.05, 3.63) is 45.7 Å². The highest BCUT2D eigenvalue weighted by Gasteiger charge is 2.67. The zero-order chi connectivity index (χ0) is 27.7. The largest absolute Gasteiger partial charge is 0.508 e. The number of nitrogens with zero attached hydrogens (tertiary/aromatic N) is 1. The molecule has 4 aliphatic carbocycles. The zero-order valence-corrected chi connectivity index (χ0v) is 22.1. The smallest absolute Gasteiger partial charge is 0.202 e. The number of likely N-dealkylation sites (N-methyl/N-ethyl adjacent to an activating group) is 1. The van der Waals surface area contributed by atoms with Crippen LogP contribution in [0.5, 0.6) is 5.75 Å². The number of aromatic hydroxyl groups is 1. The van der Waals surface area contributed by atoms with Gasteiger partial charge in [0, 0.05) is 36.0 Å². The van der Waals surface area contributed by atoms with Crippen LogP contribution in [0.3, 0.4) is 0 Å². The SMILES string of the molecule is CNCc1ccc(O)c2c1C[C@@]1(CNC3CC3)C[C@H]3[C@H](N(C)C)C(=O)C(C(C)=O)=C(O)[C@@]3(O)C(=O)C1=C2O. The number of hydrogen-bond donors (Lipinski definition) is 6.